The number of fused-ring (bicyclic) bond motifs is 1. The molecule has 1 nitrogen and oxygen atoms in total. The van der Waals surface area contributed by atoms with Gasteiger partial charge < -0.3 is 5.73 Å². The van der Waals surface area contributed by atoms with Gasteiger partial charge in [0.2, 0.25) is 0 Å². The number of aryl methyl sites for hydroxylation is 1. The molecule has 0 radical (unpaired) electrons. The number of rotatable bonds is 2. The zero-order valence-corrected chi connectivity index (χ0v) is 12.0. The summed E-state index contributed by atoms with van der Waals surface area (Å²) >= 11 is 6.12. The van der Waals surface area contributed by atoms with E-state index in [9.17, 15) is 4.39 Å². The lowest BCUT2D eigenvalue weighted by Crippen LogP contribution is -2.47. The monoisotopic (exact) mass is 289 g/mol. The summed E-state index contributed by atoms with van der Waals surface area (Å²) < 4.78 is 13.1. The lowest BCUT2D eigenvalue weighted by atomic mass is 9.75. The molecular weight excluding hydrogens is 273 g/mol. The van der Waals surface area contributed by atoms with Crippen LogP contribution in [0.2, 0.25) is 5.02 Å². The Morgan fingerprint density at radius 3 is 2.65 bits per heavy atom. The van der Waals surface area contributed by atoms with Gasteiger partial charge in [-0.15, -0.1) is 0 Å². The van der Waals surface area contributed by atoms with Crippen LogP contribution in [0.5, 0.6) is 0 Å². The van der Waals surface area contributed by atoms with Crippen molar-refractivity contribution in [3.05, 3.63) is 70.0 Å². The van der Waals surface area contributed by atoms with E-state index >= 15 is 0 Å². The molecule has 3 heteroatoms. The third-order valence-electron chi connectivity index (χ3n) is 4.11. The van der Waals surface area contributed by atoms with Gasteiger partial charge in [-0.1, -0.05) is 41.9 Å². The molecule has 0 bridgehead atoms. The smallest absolute Gasteiger partial charge is 0.124 e. The molecule has 1 atom stereocenters. The molecule has 0 saturated heterocycles. The van der Waals surface area contributed by atoms with Gasteiger partial charge in [-0.2, -0.15) is 0 Å². The maximum atomic E-state index is 13.1. The maximum absolute atomic E-state index is 13.1. The molecule has 2 N–H and O–H groups in total. The number of benzene rings is 2. The second-order valence-electron chi connectivity index (χ2n) is 5.72. The van der Waals surface area contributed by atoms with Crippen LogP contribution in [0.25, 0.3) is 0 Å². The van der Waals surface area contributed by atoms with Gasteiger partial charge in [-0.05, 0) is 54.5 Å². The molecule has 0 fully saturated rings. The molecule has 1 aliphatic rings. The average molecular weight is 290 g/mol. The summed E-state index contributed by atoms with van der Waals surface area (Å²) in [5, 5.41) is 0.466. The molecule has 0 amide bonds. The molecule has 3 rings (SSSR count). The fraction of sp³-hybridized carbons (Fsp3) is 0.294. The second kappa shape index (κ2) is 5.19. The van der Waals surface area contributed by atoms with Gasteiger partial charge in [-0.3, -0.25) is 0 Å². The Labute approximate surface area is 123 Å². The highest BCUT2D eigenvalue weighted by molar-refractivity contribution is 6.31. The van der Waals surface area contributed by atoms with Crippen LogP contribution in [0, 0.1) is 5.82 Å². The van der Waals surface area contributed by atoms with Crippen LogP contribution in [-0.4, -0.2) is 5.54 Å². The van der Waals surface area contributed by atoms with Crippen LogP contribution in [0.1, 0.15) is 23.1 Å². The van der Waals surface area contributed by atoms with Crippen molar-refractivity contribution >= 4 is 11.6 Å². The highest BCUT2D eigenvalue weighted by atomic mass is 35.5. The first-order valence-electron chi connectivity index (χ1n) is 6.85. The zero-order chi connectivity index (χ0) is 14.2. The van der Waals surface area contributed by atoms with Gasteiger partial charge in [0.25, 0.3) is 0 Å². The van der Waals surface area contributed by atoms with E-state index in [1.165, 1.54) is 23.3 Å². The van der Waals surface area contributed by atoms with Crippen LogP contribution in [-0.2, 0) is 19.3 Å². The lowest BCUT2D eigenvalue weighted by Gasteiger charge is -2.35. The van der Waals surface area contributed by atoms with Gasteiger partial charge in [0, 0.05) is 10.6 Å². The Hall–Kier alpha value is -1.38. The summed E-state index contributed by atoms with van der Waals surface area (Å²) in [6.45, 7) is 0. The van der Waals surface area contributed by atoms with Crippen molar-refractivity contribution in [2.75, 3.05) is 0 Å². The molecule has 0 spiro atoms. The standard InChI is InChI=1S/C17H17ClFN/c18-16-9-15(19)6-5-14(16)11-17(20)8-7-12-3-1-2-4-13(12)10-17/h1-6,9H,7-8,10-11,20H2. The molecule has 0 aromatic heterocycles. The first-order chi connectivity index (χ1) is 9.56. The number of hydrogen-bond acceptors (Lipinski definition) is 1. The minimum absolute atomic E-state index is 0.296. The largest absolute Gasteiger partial charge is 0.324 e. The van der Waals surface area contributed by atoms with Crippen LogP contribution >= 0.6 is 11.6 Å². The summed E-state index contributed by atoms with van der Waals surface area (Å²) in [6.07, 6.45) is 3.44. The SMILES string of the molecule is NC1(Cc2ccc(F)cc2Cl)CCc2ccccc2C1. The first kappa shape index (κ1) is 13.6. The summed E-state index contributed by atoms with van der Waals surface area (Å²) in [6, 6.07) is 13.0. The molecule has 104 valence electrons. The van der Waals surface area contributed by atoms with Crippen LogP contribution < -0.4 is 5.73 Å². The summed E-state index contributed by atoms with van der Waals surface area (Å²) in [5.74, 6) is -0.307. The van der Waals surface area contributed by atoms with E-state index in [2.05, 4.69) is 24.3 Å². The fourth-order valence-electron chi connectivity index (χ4n) is 3.02. The minimum atomic E-state index is -0.307. The fourth-order valence-corrected chi connectivity index (χ4v) is 3.25. The van der Waals surface area contributed by atoms with Gasteiger partial charge >= 0.3 is 0 Å². The van der Waals surface area contributed by atoms with E-state index in [0.29, 0.717) is 11.4 Å². The summed E-state index contributed by atoms with van der Waals surface area (Å²) in [4.78, 5) is 0. The van der Waals surface area contributed by atoms with E-state index in [4.69, 9.17) is 17.3 Å². The highest BCUT2D eigenvalue weighted by Gasteiger charge is 2.31. The quantitative estimate of drug-likeness (QED) is 0.891. The topological polar surface area (TPSA) is 26.0 Å². The van der Waals surface area contributed by atoms with E-state index in [1.54, 1.807) is 6.07 Å². The molecule has 0 aliphatic heterocycles. The number of halogens is 2. The van der Waals surface area contributed by atoms with Gasteiger partial charge in [0.15, 0.2) is 0 Å². The normalized spacial score (nSPS) is 21.6. The summed E-state index contributed by atoms with van der Waals surface area (Å²) in [5.41, 5.74) is 9.90. The van der Waals surface area contributed by atoms with Gasteiger partial charge in [-0.25, -0.2) is 4.39 Å². The van der Waals surface area contributed by atoms with E-state index in [0.717, 1.165) is 24.8 Å². The molecule has 1 unspecified atom stereocenters. The highest BCUT2D eigenvalue weighted by Crippen LogP contribution is 2.31. The van der Waals surface area contributed by atoms with Crippen LogP contribution in [0.3, 0.4) is 0 Å². The Morgan fingerprint density at radius 1 is 1.15 bits per heavy atom. The molecule has 2 aromatic rings. The predicted molar refractivity (Wildman–Crippen MR) is 80.5 cm³/mol. The van der Waals surface area contributed by atoms with Crippen molar-refractivity contribution in [1.82, 2.24) is 0 Å². The molecule has 20 heavy (non-hydrogen) atoms. The Morgan fingerprint density at radius 2 is 1.90 bits per heavy atom. The van der Waals surface area contributed by atoms with E-state index in [-0.39, 0.29) is 11.4 Å². The molecule has 0 saturated carbocycles. The van der Waals surface area contributed by atoms with Crippen molar-refractivity contribution in [3.8, 4) is 0 Å². The number of hydrogen-bond donors (Lipinski definition) is 1. The van der Waals surface area contributed by atoms with Gasteiger partial charge in [0.1, 0.15) is 5.82 Å². The van der Waals surface area contributed by atoms with Crippen molar-refractivity contribution in [2.45, 2.75) is 31.2 Å². The van der Waals surface area contributed by atoms with E-state index < -0.39 is 0 Å². The van der Waals surface area contributed by atoms with Crippen molar-refractivity contribution in [2.24, 2.45) is 5.73 Å². The van der Waals surface area contributed by atoms with Crippen LogP contribution in [0.4, 0.5) is 4.39 Å². The van der Waals surface area contributed by atoms with Crippen molar-refractivity contribution in [1.29, 1.82) is 0 Å². The predicted octanol–water partition coefficient (Wildman–Crippen LogP) is 3.91. The van der Waals surface area contributed by atoms with Crippen molar-refractivity contribution < 1.29 is 4.39 Å². The summed E-state index contributed by atoms with van der Waals surface area (Å²) in [7, 11) is 0. The molecule has 2 aromatic carbocycles. The van der Waals surface area contributed by atoms with Gasteiger partial charge in [0.05, 0.1) is 0 Å². The molecule has 1 aliphatic carbocycles. The minimum Gasteiger partial charge on any atom is -0.324 e. The third-order valence-corrected chi connectivity index (χ3v) is 4.46. The third kappa shape index (κ3) is 2.72. The Balaban J connectivity index is 1.84. The Bertz CT molecular complexity index is 641. The first-order valence-corrected chi connectivity index (χ1v) is 7.23. The second-order valence-corrected chi connectivity index (χ2v) is 6.13. The molecular formula is C17H17ClFN. The number of nitrogens with two attached hydrogens (primary N) is 1. The van der Waals surface area contributed by atoms with E-state index in [1.807, 2.05) is 0 Å². The maximum Gasteiger partial charge on any atom is 0.124 e. The lowest BCUT2D eigenvalue weighted by molar-refractivity contribution is 0.369. The van der Waals surface area contributed by atoms with Crippen LogP contribution in [0.15, 0.2) is 42.5 Å². The molecule has 0 heterocycles. The Kier molecular flexibility index (Phi) is 3.53. The van der Waals surface area contributed by atoms with Crippen molar-refractivity contribution in [3.63, 3.8) is 0 Å². The zero-order valence-electron chi connectivity index (χ0n) is 11.2. The average Bonchev–Trinajstić information content (AvgIpc) is 2.42.